The predicted octanol–water partition coefficient (Wildman–Crippen LogP) is 5.78. The smallest absolute Gasteiger partial charge is 0.258 e. The maximum absolute atomic E-state index is 13.9. The van der Waals surface area contributed by atoms with Gasteiger partial charge in [-0.2, -0.15) is 0 Å². The van der Waals surface area contributed by atoms with Crippen molar-refractivity contribution in [1.82, 2.24) is 9.80 Å². The molecule has 194 valence electrons. The van der Waals surface area contributed by atoms with Gasteiger partial charge in [0.15, 0.2) is 0 Å². The molecule has 6 heteroatoms. The highest BCUT2D eigenvalue weighted by Crippen LogP contribution is 2.37. The van der Waals surface area contributed by atoms with Gasteiger partial charge in [0.2, 0.25) is 0 Å². The van der Waals surface area contributed by atoms with Crippen LogP contribution in [-0.4, -0.2) is 61.6 Å². The molecule has 3 aromatic carbocycles. The molecule has 0 bridgehead atoms. The number of piperazine rings is 1. The third-order valence-electron chi connectivity index (χ3n) is 7.25. The molecule has 0 N–H and O–H groups in total. The van der Waals surface area contributed by atoms with Gasteiger partial charge in [-0.3, -0.25) is 14.6 Å². The molecule has 0 unspecified atom stereocenters. The molecule has 1 aliphatic rings. The molecule has 0 radical (unpaired) electrons. The van der Waals surface area contributed by atoms with E-state index in [0.29, 0.717) is 17.3 Å². The molecular formula is C31H36FN3O2. The van der Waals surface area contributed by atoms with Gasteiger partial charge in [-0.15, -0.1) is 6.58 Å². The number of carbonyl (C=O) groups excluding carboxylic acids is 1. The van der Waals surface area contributed by atoms with Crippen molar-refractivity contribution in [3.63, 3.8) is 0 Å². The average molecular weight is 502 g/mol. The highest BCUT2D eigenvalue weighted by atomic mass is 19.1. The van der Waals surface area contributed by atoms with Gasteiger partial charge in [-0.25, -0.2) is 4.39 Å². The number of benzene rings is 3. The Morgan fingerprint density at radius 3 is 2.57 bits per heavy atom. The van der Waals surface area contributed by atoms with E-state index in [1.165, 1.54) is 17.0 Å². The lowest BCUT2D eigenvalue weighted by molar-refractivity contribution is 0.0304. The van der Waals surface area contributed by atoms with Gasteiger partial charge in [0.1, 0.15) is 11.6 Å². The molecule has 0 spiro atoms. The molecule has 1 heterocycles. The normalized spacial score (nSPS) is 19.3. The van der Waals surface area contributed by atoms with Crippen LogP contribution in [0.2, 0.25) is 0 Å². The molecule has 1 amide bonds. The van der Waals surface area contributed by atoms with Crippen LogP contribution in [0.5, 0.6) is 5.75 Å². The average Bonchev–Trinajstić information content (AvgIpc) is 2.91. The Hall–Kier alpha value is -3.48. The monoisotopic (exact) mass is 501 g/mol. The largest absolute Gasteiger partial charge is 0.497 e. The lowest BCUT2D eigenvalue weighted by atomic mass is 9.90. The van der Waals surface area contributed by atoms with Crippen LogP contribution in [0.1, 0.15) is 41.4 Å². The third-order valence-corrected chi connectivity index (χ3v) is 7.25. The zero-order valence-corrected chi connectivity index (χ0v) is 22.1. The number of anilines is 1. The van der Waals surface area contributed by atoms with E-state index in [1.54, 1.807) is 26.3 Å². The highest BCUT2D eigenvalue weighted by molar-refractivity contribution is 6.06. The minimum atomic E-state index is -0.375. The topological polar surface area (TPSA) is 36.0 Å². The van der Waals surface area contributed by atoms with E-state index >= 15 is 0 Å². The van der Waals surface area contributed by atoms with E-state index in [-0.39, 0.29) is 23.8 Å². The first kappa shape index (κ1) is 26.6. The van der Waals surface area contributed by atoms with Crippen LogP contribution in [0.15, 0.2) is 85.5 Å². The van der Waals surface area contributed by atoms with Gasteiger partial charge < -0.3 is 9.64 Å². The van der Waals surface area contributed by atoms with E-state index in [0.717, 1.165) is 36.5 Å². The standard InChI is InChI=1S/C31H36FN3O2/c1-6-17-34-20-23(3)35(21-22(34)2)30(24-11-9-14-27(18-24)37-5)28-15-7-8-16-29(28)31(36)33(4)26-13-10-12-25(32)19-26/h6-16,18-19,22-23,30H,1,17,20-21H2,2-5H3/t22-,23+,30-/m1/s1. The maximum atomic E-state index is 13.9. The van der Waals surface area contributed by atoms with Crippen molar-refractivity contribution in [2.24, 2.45) is 0 Å². The minimum Gasteiger partial charge on any atom is -0.497 e. The Bertz CT molecular complexity index is 1250. The van der Waals surface area contributed by atoms with Crippen LogP contribution in [0.25, 0.3) is 0 Å². The van der Waals surface area contributed by atoms with Crippen LogP contribution < -0.4 is 9.64 Å². The molecule has 1 aliphatic heterocycles. The van der Waals surface area contributed by atoms with Gasteiger partial charge in [0.25, 0.3) is 5.91 Å². The number of ether oxygens (including phenoxy) is 1. The fraction of sp³-hybridized carbons (Fsp3) is 0.323. The van der Waals surface area contributed by atoms with Crippen LogP contribution in [0.4, 0.5) is 10.1 Å². The molecule has 1 saturated heterocycles. The summed E-state index contributed by atoms with van der Waals surface area (Å²) in [4.78, 5) is 20.3. The van der Waals surface area contributed by atoms with E-state index < -0.39 is 0 Å². The van der Waals surface area contributed by atoms with Crippen molar-refractivity contribution >= 4 is 11.6 Å². The molecular weight excluding hydrogens is 465 g/mol. The molecule has 5 nitrogen and oxygen atoms in total. The second-order valence-electron chi connectivity index (χ2n) is 9.75. The minimum absolute atomic E-state index is 0.167. The van der Waals surface area contributed by atoms with Crippen molar-refractivity contribution in [1.29, 1.82) is 0 Å². The van der Waals surface area contributed by atoms with Crippen molar-refractivity contribution in [2.45, 2.75) is 32.0 Å². The molecule has 1 fully saturated rings. The van der Waals surface area contributed by atoms with E-state index in [1.807, 2.05) is 42.5 Å². The first-order valence-electron chi connectivity index (χ1n) is 12.7. The highest BCUT2D eigenvalue weighted by Gasteiger charge is 2.36. The number of methoxy groups -OCH3 is 1. The predicted molar refractivity (Wildman–Crippen MR) is 148 cm³/mol. The maximum Gasteiger partial charge on any atom is 0.258 e. The summed E-state index contributed by atoms with van der Waals surface area (Å²) in [6.07, 6.45) is 1.95. The third kappa shape index (κ3) is 5.76. The zero-order valence-electron chi connectivity index (χ0n) is 22.1. The Morgan fingerprint density at radius 1 is 1.08 bits per heavy atom. The van der Waals surface area contributed by atoms with Crippen molar-refractivity contribution < 1.29 is 13.9 Å². The summed E-state index contributed by atoms with van der Waals surface area (Å²) >= 11 is 0. The lowest BCUT2D eigenvalue weighted by Crippen LogP contribution is -2.57. The summed E-state index contributed by atoms with van der Waals surface area (Å²) < 4.78 is 19.5. The Kier molecular flexibility index (Phi) is 8.41. The summed E-state index contributed by atoms with van der Waals surface area (Å²) in [6.45, 7) is 11.0. The number of rotatable bonds is 8. The fourth-order valence-electron chi connectivity index (χ4n) is 5.28. The number of hydrogen-bond acceptors (Lipinski definition) is 4. The SMILES string of the molecule is C=CCN1C[C@H](C)N([C@H](c2cccc(OC)c2)c2ccccc2C(=O)N(C)c2cccc(F)c2)C[C@H]1C. The Morgan fingerprint density at radius 2 is 1.84 bits per heavy atom. The fourth-order valence-corrected chi connectivity index (χ4v) is 5.28. The Balaban J connectivity index is 1.80. The number of amides is 1. The number of nitrogens with zero attached hydrogens (tertiary/aromatic N) is 3. The van der Waals surface area contributed by atoms with Gasteiger partial charge >= 0.3 is 0 Å². The van der Waals surface area contributed by atoms with E-state index in [2.05, 4.69) is 42.4 Å². The molecule has 37 heavy (non-hydrogen) atoms. The summed E-state index contributed by atoms with van der Waals surface area (Å²) in [5.74, 6) is 0.217. The first-order chi connectivity index (χ1) is 17.8. The van der Waals surface area contributed by atoms with E-state index in [9.17, 15) is 9.18 Å². The molecule has 4 rings (SSSR count). The summed E-state index contributed by atoms with van der Waals surface area (Å²) in [6, 6.07) is 22.3. The van der Waals surface area contributed by atoms with Gasteiger partial charge in [0.05, 0.1) is 13.2 Å². The summed E-state index contributed by atoms with van der Waals surface area (Å²) in [5, 5.41) is 0. The van der Waals surface area contributed by atoms with Crippen LogP contribution in [-0.2, 0) is 0 Å². The van der Waals surface area contributed by atoms with Crippen molar-refractivity contribution in [3.05, 3.63) is 108 Å². The van der Waals surface area contributed by atoms with Crippen molar-refractivity contribution in [3.8, 4) is 5.75 Å². The molecule has 3 aromatic rings. The van der Waals surface area contributed by atoms with Crippen LogP contribution >= 0.6 is 0 Å². The Labute approximate surface area is 219 Å². The van der Waals surface area contributed by atoms with Crippen LogP contribution in [0, 0.1) is 5.82 Å². The number of halogens is 1. The lowest BCUT2D eigenvalue weighted by Gasteiger charge is -2.47. The molecule has 0 aromatic heterocycles. The second kappa shape index (κ2) is 11.7. The van der Waals surface area contributed by atoms with Crippen LogP contribution in [0.3, 0.4) is 0 Å². The quantitative estimate of drug-likeness (QED) is 0.367. The van der Waals surface area contributed by atoms with Gasteiger partial charge in [0, 0.05) is 50.0 Å². The first-order valence-corrected chi connectivity index (χ1v) is 12.7. The molecule has 0 aliphatic carbocycles. The molecule has 0 saturated carbocycles. The van der Waals surface area contributed by atoms with Gasteiger partial charge in [-0.05, 0) is 61.4 Å². The number of hydrogen-bond donors (Lipinski definition) is 0. The van der Waals surface area contributed by atoms with Gasteiger partial charge in [-0.1, -0.05) is 42.5 Å². The summed E-state index contributed by atoms with van der Waals surface area (Å²) in [7, 11) is 3.35. The van der Waals surface area contributed by atoms with Crippen molar-refractivity contribution in [2.75, 3.05) is 38.7 Å². The summed E-state index contributed by atoms with van der Waals surface area (Å²) in [5.41, 5.74) is 3.08. The number of carbonyl (C=O) groups is 1. The zero-order chi connectivity index (χ0) is 26.5. The van der Waals surface area contributed by atoms with E-state index in [4.69, 9.17) is 4.74 Å². The second-order valence-corrected chi connectivity index (χ2v) is 9.75. The molecule has 3 atom stereocenters.